The SMILES string of the molecule is C[C@H](OC(=O)c1ccc(=O)n(Cc2ccccc2)n1)C(=O)Nc1nc(-c2ccccc2)cs1. The Hall–Kier alpha value is -4.11. The first-order valence-electron chi connectivity index (χ1n) is 10.1. The van der Waals surface area contributed by atoms with Gasteiger partial charge in [0.25, 0.3) is 11.5 Å². The van der Waals surface area contributed by atoms with Crippen molar-refractivity contribution in [3.63, 3.8) is 0 Å². The first-order valence-corrected chi connectivity index (χ1v) is 11.0. The van der Waals surface area contributed by atoms with Crippen LogP contribution in [0.1, 0.15) is 23.0 Å². The lowest BCUT2D eigenvalue weighted by Gasteiger charge is -2.12. The van der Waals surface area contributed by atoms with Crippen molar-refractivity contribution in [2.24, 2.45) is 0 Å². The summed E-state index contributed by atoms with van der Waals surface area (Å²) in [7, 11) is 0. The summed E-state index contributed by atoms with van der Waals surface area (Å²) in [6.07, 6.45) is -1.09. The Kier molecular flexibility index (Phi) is 6.70. The first-order chi connectivity index (χ1) is 16.0. The zero-order valence-corrected chi connectivity index (χ0v) is 18.5. The molecule has 1 N–H and O–H groups in total. The van der Waals surface area contributed by atoms with E-state index in [4.69, 9.17) is 4.74 Å². The molecule has 4 rings (SSSR count). The standard InChI is InChI=1S/C24H20N4O4S/c1-16(22(30)26-24-25-20(15-33-24)18-10-6-3-7-11-18)32-23(31)19-12-13-21(29)28(27-19)14-17-8-4-2-5-9-17/h2-13,15-16H,14H2,1H3,(H,25,26,30)/t16-/m0/s1. The van der Waals surface area contributed by atoms with Gasteiger partial charge in [-0.15, -0.1) is 11.3 Å². The second-order valence-electron chi connectivity index (χ2n) is 7.14. The molecule has 0 saturated carbocycles. The number of anilines is 1. The molecule has 0 saturated heterocycles. The van der Waals surface area contributed by atoms with Crippen LogP contribution in [0.4, 0.5) is 5.13 Å². The predicted molar refractivity (Wildman–Crippen MR) is 125 cm³/mol. The molecule has 0 fully saturated rings. The van der Waals surface area contributed by atoms with E-state index in [-0.39, 0.29) is 17.8 Å². The van der Waals surface area contributed by atoms with Gasteiger partial charge in [0.15, 0.2) is 16.9 Å². The van der Waals surface area contributed by atoms with Crippen LogP contribution in [0.2, 0.25) is 0 Å². The van der Waals surface area contributed by atoms with Crippen molar-refractivity contribution >= 4 is 28.3 Å². The third-order valence-corrected chi connectivity index (χ3v) is 5.47. The Labute approximate surface area is 193 Å². The Morgan fingerprint density at radius 1 is 1.03 bits per heavy atom. The molecule has 0 bridgehead atoms. The number of esters is 1. The summed E-state index contributed by atoms with van der Waals surface area (Å²) >= 11 is 1.28. The maximum Gasteiger partial charge on any atom is 0.359 e. The van der Waals surface area contributed by atoms with Crippen LogP contribution in [0, 0.1) is 0 Å². The number of amides is 1. The smallest absolute Gasteiger partial charge is 0.359 e. The number of benzene rings is 2. The third kappa shape index (κ3) is 5.58. The molecule has 0 aliphatic heterocycles. The number of carbonyl (C=O) groups excluding carboxylic acids is 2. The van der Waals surface area contributed by atoms with Crippen LogP contribution in [0.25, 0.3) is 11.3 Å². The summed E-state index contributed by atoms with van der Waals surface area (Å²) in [6, 6.07) is 21.4. The van der Waals surface area contributed by atoms with Crippen molar-refractivity contribution in [3.8, 4) is 11.3 Å². The molecule has 0 aliphatic carbocycles. The Morgan fingerprint density at radius 3 is 2.45 bits per heavy atom. The summed E-state index contributed by atoms with van der Waals surface area (Å²) in [4.78, 5) is 41.5. The van der Waals surface area contributed by atoms with Crippen molar-refractivity contribution in [2.45, 2.75) is 19.6 Å². The molecule has 8 nitrogen and oxygen atoms in total. The molecular weight excluding hydrogens is 440 g/mol. The molecular formula is C24H20N4O4S. The number of carbonyl (C=O) groups is 2. The molecule has 2 aromatic carbocycles. The zero-order valence-electron chi connectivity index (χ0n) is 17.7. The molecule has 2 aromatic heterocycles. The van der Waals surface area contributed by atoms with Gasteiger partial charge in [0, 0.05) is 17.0 Å². The fourth-order valence-corrected chi connectivity index (χ4v) is 3.70. The highest BCUT2D eigenvalue weighted by molar-refractivity contribution is 7.14. The van der Waals surface area contributed by atoms with Gasteiger partial charge in [0.05, 0.1) is 12.2 Å². The van der Waals surface area contributed by atoms with Crippen LogP contribution in [0.15, 0.2) is 83.0 Å². The lowest BCUT2D eigenvalue weighted by molar-refractivity contribution is -0.123. The topological polar surface area (TPSA) is 103 Å². The average Bonchev–Trinajstić information content (AvgIpc) is 3.30. The zero-order chi connectivity index (χ0) is 23.2. The van der Waals surface area contributed by atoms with Crippen molar-refractivity contribution < 1.29 is 14.3 Å². The molecule has 9 heteroatoms. The van der Waals surface area contributed by atoms with Crippen molar-refractivity contribution in [3.05, 3.63) is 99.8 Å². The van der Waals surface area contributed by atoms with E-state index < -0.39 is 18.0 Å². The van der Waals surface area contributed by atoms with Crippen LogP contribution >= 0.6 is 11.3 Å². The van der Waals surface area contributed by atoms with Crippen LogP contribution in [0.5, 0.6) is 0 Å². The molecule has 0 spiro atoms. The highest BCUT2D eigenvalue weighted by atomic mass is 32.1. The lowest BCUT2D eigenvalue weighted by atomic mass is 10.2. The number of rotatable bonds is 7. The van der Waals surface area contributed by atoms with E-state index in [0.29, 0.717) is 5.13 Å². The van der Waals surface area contributed by atoms with E-state index in [1.54, 1.807) is 0 Å². The fraction of sp³-hybridized carbons (Fsp3) is 0.125. The van der Waals surface area contributed by atoms with Gasteiger partial charge in [0.1, 0.15) is 0 Å². The Morgan fingerprint density at radius 2 is 1.73 bits per heavy atom. The minimum Gasteiger partial charge on any atom is -0.448 e. The minimum atomic E-state index is -1.09. The third-order valence-electron chi connectivity index (χ3n) is 4.71. The van der Waals surface area contributed by atoms with Gasteiger partial charge in [-0.1, -0.05) is 60.7 Å². The quantitative estimate of drug-likeness (QED) is 0.423. The summed E-state index contributed by atoms with van der Waals surface area (Å²) in [6.45, 7) is 1.67. The summed E-state index contributed by atoms with van der Waals surface area (Å²) in [5, 5.41) is 8.98. The molecule has 1 amide bonds. The van der Waals surface area contributed by atoms with Crippen LogP contribution < -0.4 is 10.9 Å². The molecule has 0 radical (unpaired) electrons. The largest absolute Gasteiger partial charge is 0.448 e. The minimum absolute atomic E-state index is 0.0641. The monoisotopic (exact) mass is 460 g/mol. The molecule has 0 unspecified atom stereocenters. The van der Waals surface area contributed by atoms with Crippen LogP contribution in [0.3, 0.4) is 0 Å². The van der Waals surface area contributed by atoms with Crippen molar-refractivity contribution in [2.75, 3.05) is 5.32 Å². The van der Waals surface area contributed by atoms with Gasteiger partial charge in [-0.3, -0.25) is 14.9 Å². The second kappa shape index (κ2) is 10.0. The number of hydrogen-bond donors (Lipinski definition) is 1. The highest BCUT2D eigenvalue weighted by Crippen LogP contribution is 2.24. The number of aromatic nitrogens is 3. The number of hydrogen-bond acceptors (Lipinski definition) is 7. The molecule has 1 atom stereocenters. The first kappa shape index (κ1) is 22.1. The number of thiazole rings is 1. The maximum absolute atomic E-state index is 12.5. The second-order valence-corrected chi connectivity index (χ2v) is 8.00. The number of nitrogens with one attached hydrogen (secondary N) is 1. The van der Waals surface area contributed by atoms with Crippen LogP contribution in [-0.2, 0) is 16.1 Å². The van der Waals surface area contributed by atoms with Gasteiger partial charge in [-0.2, -0.15) is 5.10 Å². The molecule has 0 aliphatic rings. The van der Waals surface area contributed by atoms with Crippen LogP contribution in [-0.4, -0.2) is 32.7 Å². The highest BCUT2D eigenvalue weighted by Gasteiger charge is 2.21. The van der Waals surface area contributed by atoms with E-state index in [0.717, 1.165) is 16.8 Å². The normalized spacial score (nSPS) is 11.5. The van der Waals surface area contributed by atoms with Crippen molar-refractivity contribution in [1.29, 1.82) is 0 Å². The molecule has 33 heavy (non-hydrogen) atoms. The lowest BCUT2D eigenvalue weighted by Crippen LogP contribution is -2.31. The summed E-state index contributed by atoms with van der Waals surface area (Å²) in [5.41, 5.74) is 2.13. The fourth-order valence-electron chi connectivity index (χ4n) is 2.98. The van der Waals surface area contributed by atoms with Gasteiger partial charge in [-0.25, -0.2) is 14.5 Å². The number of nitrogens with zero attached hydrogens (tertiary/aromatic N) is 3. The van der Waals surface area contributed by atoms with Gasteiger partial charge in [-0.05, 0) is 18.6 Å². The summed E-state index contributed by atoms with van der Waals surface area (Å²) in [5.74, 6) is -1.32. The average molecular weight is 461 g/mol. The van der Waals surface area contributed by atoms with E-state index in [9.17, 15) is 14.4 Å². The molecule has 2 heterocycles. The van der Waals surface area contributed by atoms with Gasteiger partial charge >= 0.3 is 5.97 Å². The number of ether oxygens (including phenoxy) is 1. The van der Waals surface area contributed by atoms with E-state index in [2.05, 4.69) is 15.4 Å². The summed E-state index contributed by atoms with van der Waals surface area (Å²) < 4.78 is 6.43. The molecule has 4 aromatic rings. The van der Waals surface area contributed by atoms with Crippen molar-refractivity contribution in [1.82, 2.24) is 14.8 Å². The van der Waals surface area contributed by atoms with E-state index >= 15 is 0 Å². The Balaban J connectivity index is 1.39. The maximum atomic E-state index is 12.5. The van der Waals surface area contributed by atoms with Gasteiger partial charge < -0.3 is 4.74 Å². The van der Waals surface area contributed by atoms with Gasteiger partial charge in [0.2, 0.25) is 0 Å². The predicted octanol–water partition coefficient (Wildman–Crippen LogP) is 3.60. The van der Waals surface area contributed by atoms with E-state index in [1.165, 1.54) is 35.1 Å². The Bertz CT molecular complexity index is 1320. The van der Waals surface area contributed by atoms with E-state index in [1.807, 2.05) is 66.0 Å². The molecule has 166 valence electrons.